The first-order valence-electron chi connectivity index (χ1n) is 7.06. The molecule has 1 fully saturated rings. The molecule has 0 spiro atoms. The molecule has 10 heteroatoms. The van der Waals surface area contributed by atoms with Gasteiger partial charge >= 0.3 is 5.69 Å². The van der Waals surface area contributed by atoms with E-state index in [0.29, 0.717) is 0 Å². The lowest BCUT2D eigenvalue weighted by molar-refractivity contribution is -0.124. The van der Waals surface area contributed by atoms with Gasteiger partial charge in [0.2, 0.25) is 5.91 Å². The monoisotopic (exact) mass is 329 g/mol. The van der Waals surface area contributed by atoms with Gasteiger partial charge in [-0.15, -0.1) is 0 Å². The van der Waals surface area contributed by atoms with Crippen LogP contribution in [0, 0.1) is 0 Å². The predicted octanol–water partition coefficient (Wildman–Crippen LogP) is -2.69. The third kappa shape index (κ3) is 3.85. The summed E-state index contributed by atoms with van der Waals surface area (Å²) in [4.78, 5) is 36.3. The molecule has 2 rings (SSSR count). The number of aromatic amines is 1. The molecule has 1 amide bonds. The zero-order chi connectivity index (χ0) is 17.0. The molecular formula is C13H19N3O7. The van der Waals surface area contributed by atoms with Crippen LogP contribution in [0.2, 0.25) is 0 Å². The van der Waals surface area contributed by atoms with Gasteiger partial charge in [0.05, 0.1) is 13.2 Å². The van der Waals surface area contributed by atoms with Gasteiger partial charge in [-0.25, -0.2) is 4.79 Å². The molecule has 0 aliphatic carbocycles. The number of rotatable bonds is 6. The zero-order valence-electron chi connectivity index (χ0n) is 12.5. The average Bonchev–Trinajstić information content (AvgIpc) is 2.83. The summed E-state index contributed by atoms with van der Waals surface area (Å²) < 4.78 is 12.0. The molecule has 1 aliphatic heterocycles. The van der Waals surface area contributed by atoms with Crippen molar-refractivity contribution in [3.05, 3.63) is 33.1 Å². The summed E-state index contributed by atoms with van der Waals surface area (Å²) in [6, 6.07) is 1.13. The molecule has 1 aromatic rings. The molecular weight excluding hydrogens is 310 g/mol. The van der Waals surface area contributed by atoms with Crippen LogP contribution >= 0.6 is 0 Å². The Bertz CT molecular complexity index is 655. The van der Waals surface area contributed by atoms with Gasteiger partial charge in [-0.05, 0) is 0 Å². The van der Waals surface area contributed by atoms with Crippen molar-refractivity contribution in [3.63, 3.8) is 0 Å². The Hall–Kier alpha value is -2.01. The summed E-state index contributed by atoms with van der Waals surface area (Å²) in [5.41, 5.74) is -1.30. The second-order valence-electron chi connectivity index (χ2n) is 5.01. The molecule has 0 saturated carbocycles. The molecule has 0 aromatic carbocycles. The molecule has 0 unspecified atom stereocenters. The second kappa shape index (κ2) is 7.51. The van der Waals surface area contributed by atoms with E-state index in [1.807, 2.05) is 0 Å². The number of amides is 1. The Labute approximate surface area is 130 Å². The maximum absolute atomic E-state index is 11.9. The first-order chi connectivity index (χ1) is 11.0. The van der Waals surface area contributed by atoms with Crippen LogP contribution in [0.4, 0.5) is 0 Å². The first-order valence-corrected chi connectivity index (χ1v) is 7.06. The van der Waals surface area contributed by atoms with E-state index in [9.17, 15) is 24.6 Å². The number of H-pyrrole nitrogens is 1. The zero-order valence-corrected chi connectivity index (χ0v) is 12.5. The van der Waals surface area contributed by atoms with Gasteiger partial charge in [0.15, 0.2) is 6.23 Å². The van der Waals surface area contributed by atoms with Gasteiger partial charge in [0.25, 0.3) is 5.56 Å². The number of aromatic nitrogens is 2. The van der Waals surface area contributed by atoms with Crippen molar-refractivity contribution in [2.24, 2.45) is 0 Å². The van der Waals surface area contributed by atoms with Crippen LogP contribution in [0.3, 0.4) is 0 Å². The van der Waals surface area contributed by atoms with Crippen LogP contribution in [-0.4, -0.2) is 64.2 Å². The quantitative estimate of drug-likeness (QED) is 0.445. The van der Waals surface area contributed by atoms with E-state index in [-0.39, 0.29) is 18.9 Å². The van der Waals surface area contributed by atoms with Crippen molar-refractivity contribution >= 4 is 5.91 Å². The van der Waals surface area contributed by atoms with Crippen molar-refractivity contribution in [2.45, 2.75) is 31.0 Å². The number of nitrogens with one attached hydrogen (secondary N) is 2. The van der Waals surface area contributed by atoms with Crippen molar-refractivity contribution in [2.75, 3.05) is 20.3 Å². The molecule has 4 atom stereocenters. The lowest BCUT2D eigenvalue weighted by Gasteiger charge is -2.22. The van der Waals surface area contributed by atoms with E-state index in [4.69, 9.17) is 9.47 Å². The van der Waals surface area contributed by atoms with Crippen LogP contribution in [0.1, 0.15) is 12.6 Å². The smallest absolute Gasteiger partial charge is 0.330 e. The van der Waals surface area contributed by atoms with E-state index in [2.05, 4.69) is 10.3 Å². The van der Waals surface area contributed by atoms with Crippen LogP contribution in [-0.2, 0) is 14.3 Å². The van der Waals surface area contributed by atoms with Crippen LogP contribution in [0.5, 0.6) is 0 Å². The standard InChI is InChI=1S/C13H19N3O7/c1-14-8(18)3-5-22-11-10(20)7(6-17)23-12(11)16-4-2-9(19)15-13(16)21/h2,4,7,10-12,17,20H,3,5-6H2,1H3,(H,14,18)(H,15,19,21)/t7-,10-,11-,12-/m1/s1. The molecule has 1 aliphatic rings. The van der Waals surface area contributed by atoms with Gasteiger partial charge in [-0.2, -0.15) is 0 Å². The molecule has 23 heavy (non-hydrogen) atoms. The summed E-state index contributed by atoms with van der Waals surface area (Å²) in [7, 11) is 1.49. The number of hydrogen-bond acceptors (Lipinski definition) is 7. The van der Waals surface area contributed by atoms with Gasteiger partial charge in [-0.1, -0.05) is 0 Å². The van der Waals surface area contributed by atoms with Crippen molar-refractivity contribution in [1.29, 1.82) is 0 Å². The van der Waals surface area contributed by atoms with Gasteiger partial charge in [-0.3, -0.25) is 19.1 Å². The summed E-state index contributed by atoms with van der Waals surface area (Å²) in [5.74, 6) is -0.241. The fourth-order valence-electron chi connectivity index (χ4n) is 2.31. The molecule has 2 heterocycles. The molecule has 0 bridgehead atoms. The molecule has 1 aromatic heterocycles. The second-order valence-corrected chi connectivity index (χ2v) is 5.01. The molecule has 128 valence electrons. The van der Waals surface area contributed by atoms with Crippen molar-refractivity contribution in [1.82, 2.24) is 14.9 Å². The highest BCUT2D eigenvalue weighted by Gasteiger charge is 2.45. The fraction of sp³-hybridized carbons (Fsp3) is 0.615. The fourth-order valence-corrected chi connectivity index (χ4v) is 2.31. The Morgan fingerprint density at radius 1 is 1.52 bits per heavy atom. The minimum Gasteiger partial charge on any atom is -0.394 e. The number of hydrogen-bond donors (Lipinski definition) is 4. The summed E-state index contributed by atoms with van der Waals surface area (Å²) >= 11 is 0. The van der Waals surface area contributed by atoms with Crippen molar-refractivity contribution in [3.8, 4) is 0 Å². The van der Waals surface area contributed by atoms with Gasteiger partial charge in [0.1, 0.15) is 18.3 Å². The van der Waals surface area contributed by atoms with Crippen LogP contribution in [0.25, 0.3) is 0 Å². The lowest BCUT2D eigenvalue weighted by atomic mass is 10.1. The number of ether oxygens (including phenoxy) is 2. The predicted molar refractivity (Wildman–Crippen MR) is 76.7 cm³/mol. The maximum Gasteiger partial charge on any atom is 0.330 e. The Morgan fingerprint density at radius 3 is 2.87 bits per heavy atom. The summed E-state index contributed by atoms with van der Waals surface area (Å²) in [6.07, 6.45) is -2.85. The summed E-state index contributed by atoms with van der Waals surface area (Å²) in [6.45, 7) is -0.470. The Morgan fingerprint density at radius 2 is 2.26 bits per heavy atom. The highest BCUT2D eigenvalue weighted by atomic mass is 16.6. The van der Waals surface area contributed by atoms with Gasteiger partial charge < -0.3 is 25.0 Å². The van der Waals surface area contributed by atoms with E-state index in [1.165, 1.54) is 13.2 Å². The largest absolute Gasteiger partial charge is 0.394 e. The normalized spacial score (nSPS) is 27.1. The van der Waals surface area contributed by atoms with Gasteiger partial charge in [0, 0.05) is 25.7 Å². The minimum atomic E-state index is -1.19. The number of aliphatic hydroxyl groups is 2. The van der Waals surface area contributed by atoms with Crippen LogP contribution < -0.4 is 16.6 Å². The Kier molecular flexibility index (Phi) is 5.66. The average molecular weight is 329 g/mol. The maximum atomic E-state index is 11.9. The molecule has 10 nitrogen and oxygen atoms in total. The first kappa shape index (κ1) is 17.3. The highest BCUT2D eigenvalue weighted by Crippen LogP contribution is 2.30. The third-order valence-corrected chi connectivity index (χ3v) is 3.54. The minimum absolute atomic E-state index is 0.00247. The van der Waals surface area contributed by atoms with Crippen LogP contribution in [0.15, 0.2) is 21.9 Å². The van der Waals surface area contributed by atoms with E-state index < -0.39 is 42.4 Å². The van der Waals surface area contributed by atoms with Crippen molar-refractivity contribution < 1.29 is 24.5 Å². The number of nitrogens with zero attached hydrogens (tertiary/aromatic N) is 1. The summed E-state index contributed by atoms with van der Waals surface area (Å²) in [5, 5.41) is 21.8. The SMILES string of the molecule is CNC(=O)CCO[C@@H]1[C@H](O)[C@@H](CO)O[C@H]1n1ccc(=O)[nH]c1=O. The lowest BCUT2D eigenvalue weighted by Crippen LogP contribution is -2.39. The molecule has 1 saturated heterocycles. The molecule has 0 radical (unpaired) electrons. The van der Waals surface area contributed by atoms with E-state index in [0.717, 1.165) is 10.6 Å². The number of aliphatic hydroxyl groups excluding tert-OH is 2. The molecule has 4 N–H and O–H groups in total. The van der Waals surface area contributed by atoms with E-state index in [1.54, 1.807) is 0 Å². The third-order valence-electron chi connectivity index (χ3n) is 3.54. The Balaban J connectivity index is 2.18. The van der Waals surface area contributed by atoms with E-state index >= 15 is 0 Å². The number of carbonyl (C=O) groups is 1. The topological polar surface area (TPSA) is 143 Å². The number of carbonyl (C=O) groups excluding carboxylic acids is 1. The highest BCUT2D eigenvalue weighted by molar-refractivity contribution is 5.75.